The number of anilines is 1. The van der Waals surface area contributed by atoms with E-state index in [0.717, 1.165) is 10.3 Å². The number of aromatic nitrogens is 4. The number of hydrogen-bond donors (Lipinski definition) is 2. The van der Waals surface area contributed by atoms with Crippen LogP contribution in [-0.4, -0.2) is 37.2 Å². The summed E-state index contributed by atoms with van der Waals surface area (Å²) in [6.07, 6.45) is 2.02. The van der Waals surface area contributed by atoms with E-state index in [1.807, 2.05) is 13.2 Å². The summed E-state index contributed by atoms with van der Waals surface area (Å²) in [5.41, 5.74) is -0.0423. The number of thioether (sulfide) groups is 1. The van der Waals surface area contributed by atoms with Crippen LogP contribution in [0.2, 0.25) is 0 Å². The third-order valence-electron chi connectivity index (χ3n) is 2.89. The Kier molecular flexibility index (Phi) is 3.70. The van der Waals surface area contributed by atoms with E-state index in [2.05, 4.69) is 15.3 Å². The molecular weight excluding hydrogens is 266 g/mol. The maximum atomic E-state index is 12.0. The van der Waals surface area contributed by atoms with Gasteiger partial charge in [0.05, 0.1) is 0 Å². The van der Waals surface area contributed by atoms with Crippen LogP contribution in [0.3, 0.4) is 0 Å². The highest BCUT2D eigenvalue weighted by Crippen LogP contribution is 2.10. The molecule has 0 fully saturated rings. The number of hydrogen-bond acceptors (Lipinski definition) is 5. The second-order valence-corrected chi connectivity index (χ2v) is 5.40. The SMILES string of the molecule is CSCC(C)Nc1nc2c([nH]1)c(=O)n(C)c(=O)n2C. The van der Waals surface area contributed by atoms with Crippen molar-refractivity contribution in [2.75, 3.05) is 17.3 Å². The summed E-state index contributed by atoms with van der Waals surface area (Å²) in [7, 11) is 3.05. The van der Waals surface area contributed by atoms with E-state index in [1.54, 1.807) is 18.8 Å². The Balaban J connectivity index is 2.52. The van der Waals surface area contributed by atoms with E-state index in [1.165, 1.54) is 11.6 Å². The molecule has 2 rings (SSSR count). The summed E-state index contributed by atoms with van der Waals surface area (Å²) in [5.74, 6) is 1.43. The number of rotatable bonds is 4. The summed E-state index contributed by atoms with van der Waals surface area (Å²) in [5, 5.41) is 3.17. The Hall–Kier alpha value is -1.70. The first-order chi connectivity index (χ1) is 8.95. The summed E-state index contributed by atoms with van der Waals surface area (Å²) < 4.78 is 2.42. The van der Waals surface area contributed by atoms with Crippen LogP contribution < -0.4 is 16.6 Å². The lowest BCUT2D eigenvalue weighted by atomic mass is 10.4. The average molecular weight is 283 g/mol. The van der Waals surface area contributed by atoms with Crippen LogP contribution in [0, 0.1) is 0 Å². The minimum absolute atomic E-state index is 0.219. The molecule has 1 atom stereocenters. The maximum Gasteiger partial charge on any atom is 0.332 e. The summed E-state index contributed by atoms with van der Waals surface area (Å²) in [4.78, 5) is 31.0. The molecule has 104 valence electrons. The number of fused-ring (bicyclic) bond motifs is 1. The van der Waals surface area contributed by atoms with Gasteiger partial charge in [-0.2, -0.15) is 16.7 Å². The van der Waals surface area contributed by atoms with Gasteiger partial charge in [-0.15, -0.1) is 0 Å². The standard InChI is InChI=1S/C11H17N5O2S/c1-6(5-19-4)12-10-13-7-8(14-10)15(2)11(18)16(3)9(7)17/h6H,5H2,1-4H3,(H2,12,13,14). The van der Waals surface area contributed by atoms with Crippen LogP contribution in [0.5, 0.6) is 0 Å². The number of aromatic amines is 1. The topological polar surface area (TPSA) is 84.7 Å². The fourth-order valence-corrected chi connectivity index (χ4v) is 2.50. The van der Waals surface area contributed by atoms with Crippen molar-refractivity contribution < 1.29 is 0 Å². The highest BCUT2D eigenvalue weighted by atomic mass is 32.2. The molecule has 7 nitrogen and oxygen atoms in total. The summed E-state index contributed by atoms with van der Waals surface area (Å²) >= 11 is 1.72. The Labute approximate surface area is 114 Å². The predicted molar refractivity (Wildman–Crippen MR) is 78.0 cm³/mol. The molecule has 0 saturated heterocycles. The molecule has 2 N–H and O–H groups in total. The fourth-order valence-electron chi connectivity index (χ4n) is 1.92. The van der Waals surface area contributed by atoms with E-state index < -0.39 is 0 Å². The van der Waals surface area contributed by atoms with Crippen LogP contribution in [-0.2, 0) is 14.1 Å². The molecule has 0 saturated carbocycles. The second-order valence-electron chi connectivity index (χ2n) is 4.49. The zero-order chi connectivity index (χ0) is 14.2. The van der Waals surface area contributed by atoms with Gasteiger partial charge in [0.1, 0.15) is 0 Å². The molecule has 0 aliphatic heterocycles. The highest BCUT2D eigenvalue weighted by Gasteiger charge is 2.14. The molecule has 0 aliphatic rings. The zero-order valence-electron chi connectivity index (χ0n) is 11.4. The highest BCUT2D eigenvalue weighted by molar-refractivity contribution is 7.98. The van der Waals surface area contributed by atoms with Gasteiger partial charge in [-0.25, -0.2) is 4.79 Å². The molecule has 0 radical (unpaired) electrons. The van der Waals surface area contributed by atoms with E-state index in [-0.39, 0.29) is 17.3 Å². The van der Waals surface area contributed by atoms with Crippen molar-refractivity contribution in [3.05, 3.63) is 20.8 Å². The number of nitrogens with one attached hydrogen (secondary N) is 2. The van der Waals surface area contributed by atoms with Crippen molar-refractivity contribution in [3.63, 3.8) is 0 Å². The molecule has 0 bridgehead atoms. The number of aryl methyl sites for hydroxylation is 1. The van der Waals surface area contributed by atoms with Crippen molar-refractivity contribution in [3.8, 4) is 0 Å². The summed E-state index contributed by atoms with van der Waals surface area (Å²) in [6, 6.07) is 0.219. The molecule has 0 amide bonds. The molecule has 1 unspecified atom stereocenters. The van der Waals surface area contributed by atoms with Crippen molar-refractivity contribution in [2.24, 2.45) is 14.1 Å². The largest absolute Gasteiger partial charge is 0.352 e. The van der Waals surface area contributed by atoms with Crippen molar-refractivity contribution in [1.29, 1.82) is 0 Å². The summed E-state index contributed by atoms with van der Waals surface area (Å²) in [6.45, 7) is 2.03. The fraction of sp³-hybridized carbons (Fsp3) is 0.545. The van der Waals surface area contributed by atoms with E-state index in [9.17, 15) is 9.59 Å². The third kappa shape index (κ3) is 2.40. The zero-order valence-corrected chi connectivity index (χ0v) is 12.2. The molecule has 2 aromatic rings. The predicted octanol–water partition coefficient (Wildman–Crippen LogP) is 0.124. The molecule has 2 heterocycles. The normalized spacial score (nSPS) is 12.8. The Bertz CT molecular complexity index is 714. The molecule has 8 heteroatoms. The Morgan fingerprint density at radius 1 is 1.37 bits per heavy atom. The van der Waals surface area contributed by atoms with Gasteiger partial charge in [0.2, 0.25) is 5.95 Å². The molecule has 0 aliphatic carbocycles. The van der Waals surface area contributed by atoms with Gasteiger partial charge < -0.3 is 10.3 Å². The van der Waals surface area contributed by atoms with Crippen LogP contribution in [0.15, 0.2) is 9.59 Å². The van der Waals surface area contributed by atoms with Crippen LogP contribution in [0.25, 0.3) is 11.2 Å². The molecule has 2 aromatic heterocycles. The number of nitrogens with zero attached hydrogens (tertiary/aromatic N) is 3. The van der Waals surface area contributed by atoms with Gasteiger partial charge in [-0.3, -0.25) is 13.9 Å². The van der Waals surface area contributed by atoms with E-state index in [4.69, 9.17) is 0 Å². The quantitative estimate of drug-likeness (QED) is 0.833. The van der Waals surface area contributed by atoms with Gasteiger partial charge in [0.15, 0.2) is 11.2 Å². The third-order valence-corrected chi connectivity index (χ3v) is 3.73. The number of imidazole rings is 1. The lowest BCUT2D eigenvalue weighted by Gasteiger charge is -2.10. The van der Waals surface area contributed by atoms with Gasteiger partial charge >= 0.3 is 5.69 Å². The van der Waals surface area contributed by atoms with E-state index >= 15 is 0 Å². The van der Waals surface area contributed by atoms with Crippen LogP contribution >= 0.6 is 11.8 Å². The molecule has 0 spiro atoms. The van der Waals surface area contributed by atoms with Crippen LogP contribution in [0.1, 0.15) is 6.92 Å². The number of H-pyrrole nitrogens is 1. The average Bonchev–Trinajstić information content (AvgIpc) is 2.78. The lowest BCUT2D eigenvalue weighted by Crippen LogP contribution is -2.36. The van der Waals surface area contributed by atoms with E-state index in [0.29, 0.717) is 17.1 Å². The Morgan fingerprint density at radius 3 is 2.68 bits per heavy atom. The first-order valence-electron chi connectivity index (χ1n) is 5.87. The maximum absolute atomic E-state index is 12.0. The monoisotopic (exact) mass is 283 g/mol. The lowest BCUT2D eigenvalue weighted by molar-refractivity contribution is 0.709. The molecule has 19 heavy (non-hydrogen) atoms. The first kappa shape index (κ1) is 13.7. The molecule has 0 aromatic carbocycles. The second kappa shape index (κ2) is 5.12. The first-order valence-corrected chi connectivity index (χ1v) is 7.26. The van der Waals surface area contributed by atoms with Gasteiger partial charge in [0.25, 0.3) is 5.56 Å². The van der Waals surface area contributed by atoms with Crippen molar-refractivity contribution in [2.45, 2.75) is 13.0 Å². The van der Waals surface area contributed by atoms with Gasteiger partial charge in [-0.1, -0.05) is 0 Å². The minimum atomic E-state index is -0.382. The minimum Gasteiger partial charge on any atom is -0.352 e. The van der Waals surface area contributed by atoms with Crippen molar-refractivity contribution in [1.82, 2.24) is 19.1 Å². The van der Waals surface area contributed by atoms with Crippen molar-refractivity contribution >= 4 is 28.9 Å². The molecular formula is C11H17N5O2S. The Morgan fingerprint density at radius 2 is 2.05 bits per heavy atom. The smallest absolute Gasteiger partial charge is 0.332 e. The van der Waals surface area contributed by atoms with Gasteiger partial charge in [0, 0.05) is 25.9 Å². The van der Waals surface area contributed by atoms with Gasteiger partial charge in [-0.05, 0) is 13.2 Å². The van der Waals surface area contributed by atoms with Crippen LogP contribution in [0.4, 0.5) is 5.95 Å².